The summed E-state index contributed by atoms with van der Waals surface area (Å²) in [5.74, 6) is 0.446. The van der Waals surface area contributed by atoms with Gasteiger partial charge in [-0.25, -0.2) is 9.97 Å². The molecule has 0 saturated heterocycles. The monoisotopic (exact) mass is 220 g/mol. The van der Waals surface area contributed by atoms with E-state index in [0.717, 1.165) is 25.1 Å². The zero-order valence-corrected chi connectivity index (χ0v) is 10.6. The van der Waals surface area contributed by atoms with Crippen molar-refractivity contribution in [2.24, 2.45) is 5.92 Å². The van der Waals surface area contributed by atoms with E-state index in [0.29, 0.717) is 5.92 Å². The fraction of sp³-hybridized carbons (Fsp3) is 0.692. The van der Waals surface area contributed by atoms with Gasteiger partial charge < -0.3 is 4.74 Å². The van der Waals surface area contributed by atoms with Gasteiger partial charge in [0.15, 0.2) is 0 Å². The summed E-state index contributed by atoms with van der Waals surface area (Å²) in [5, 5.41) is 0. The number of hydrogen-bond acceptors (Lipinski definition) is 3. The van der Waals surface area contributed by atoms with Gasteiger partial charge in [0.05, 0.1) is 17.9 Å². The molecule has 0 radical (unpaired) electrons. The summed E-state index contributed by atoms with van der Waals surface area (Å²) in [6.45, 7) is 9.44. The minimum atomic E-state index is -0.182. The number of nitrogens with zero attached hydrogens (tertiary/aromatic N) is 2. The predicted molar refractivity (Wildman–Crippen MR) is 63.2 cm³/mol. The molecule has 0 amide bonds. The van der Waals surface area contributed by atoms with E-state index < -0.39 is 0 Å². The van der Waals surface area contributed by atoms with Crippen molar-refractivity contribution in [3.05, 3.63) is 23.3 Å². The number of aromatic nitrogens is 2. The lowest BCUT2D eigenvalue weighted by Crippen LogP contribution is -2.41. The summed E-state index contributed by atoms with van der Waals surface area (Å²) in [4.78, 5) is 8.74. The molecule has 0 aromatic carbocycles. The molecule has 2 rings (SSSR count). The van der Waals surface area contributed by atoms with E-state index in [-0.39, 0.29) is 5.60 Å². The largest absolute Gasteiger partial charge is 0.369 e. The Balaban J connectivity index is 2.61. The molecule has 0 saturated carbocycles. The van der Waals surface area contributed by atoms with Crippen LogP contribution in [-0.4, -0.2) is 16.6 Å². The Labute approximate surface area is 97.3 Å². The number of fused-ring (bicyclic) bond motifs is 1. The third kappa shape index (κ3) is 1.54. The quantitative estimate of drug-likeness (QED) is 0.768. The third-order valence-electron chi connectivity index (χ3n) is 3.69. The second-order valence-corrected chi connectivity index (χ2v) is 4.78. The predicted octanol–water partition coefficient (Wildman–Crippen LogP) is 2.62. The van der Waals surface area contributed by atoms with Gasteiger partial charge in [-0.1, -0.05) is 20.8 Å². The van der Waals surface area contributed by atoms with Crippen molar-refractivity contribution in [2.45, 2.75) is 46.1 Å². The maximum absolute atomic E-state index is 6.10. The van der Waals surface area contributed by atoms with Gasteiger partial charge in [-0.3, -0.25) is 0 Å². The normalized spacial score (nSPS) is 24.6. The van der Waals surface area contributed by atoms with Crippen LogP contribution in [0.4, 0.5) is 0 Å². The van der Waals surface area contributed by atoms with Crippen LogP contribution in [0.5, 0.6) is 0 Å². The summed E-state index contributed by atoms with van der Waals surface area (Å²) < 4.78 is 6.10. The van der Waals surface area contributed by atoms with Crippen LogP contribution in [0.25, 0.3) is 0 Å². The van der Waals surface area contributed by atoms with Crippen molar-refractivity contribution < 1.29 is 4.74 Å². The van der Waals surface area contributed by atoms with E-state index in [2.05, 4.69) is 37.7 Å². The number of hydrogen-bond donors (Lipinski definition) is 0. The Morgan fingerprint density at radius 2 is 2.19 bits per heavy atom. The van der Waals surface area contributed by atoms with Gasteiger partial charge in [-0.15, -0.1) is 0 Å². The van der Waals surface area contributed by atoms with Crippen LogP contribution >= 0.6 is 0 Å². The van der Waals surface area contributed by atoms with Crippen LogP contribution in [-0.2, 0) is 16.8 Å². The number of aryl methyl sites for hydroxylation is 1. The Morgan fingerprint density at radius 1 is 1.44 bits per heavy atom. The van der Waals surface area contributed by atoms with Crippen LogP contribution < -0.4 is 0 Å². The smallest absolute Gasteiger partial charge is 0.115 e. The maximum Gasteiger partial charge on any atom is 0.115 e. The topological polar surface area (TPSA) is 35.0 Å². The fourth-order valence-corrected chi connectivity index (χ4v) is 2.81. The molecule has 1 atom stereocenters. The molecule has 0 N–H and O–H groups in total. The molecule has 1 aliphatic rings. The summed E-state index contributed by atoms with van der Waals surface area (Å²) in [7, 11) is 0. The highest BCUT2D eigenvalue weighted by Gasteiger charge is 2.41. The van der Waals surface area contributed by atoms with E-state index in [9.17, 15) is 0 Å². The van der Waals surface area contributed by atoms with E-state index in [1.54, 1.807) is 6.33 Å². The molecule has 1 aliphatic heterocycles. The lowest BCUT2D eigenvalue weighted by molar-refractivity contribution is -0.0978. The Morgan fingerprint density at radius 3 is 2.81 bits per heavy atom. The van der Waals surface area contributed by atoms with Crippen molar-refractivity contribution in [3.63, 3.8) is 0 Å². The van der Waals surface area contributed by atoms with E-state index in [1.165, 1.54) is 11.3 Å². The van der Waals surface area contributed by atoms with Gasteiger partial charge >= 0.3 is 0 Å². The molecule has 3 nitrogen and oxygen atoms in total. The SMILES string of the molecule is CCC1(C(C)C)OCCc2ncnc(C)c21. The van der Waals surface area contributed by atoms with Gasteiger partial charge in [-0.2, -0.15) is 0 Å². The summed E-state index contributed by atoms with van der Waals surface area (Å²) in [6.07, 6.45) is 3.55. The van der Waals surface area contributed by atoms with Crippen molar-refractivity contribution in [3.8, 4) is 0 Å². The fourth-order valence-electron chi connectivity index (χ4n) is 2.81. The Hall–Kier alpha value is -0.960. The third-order valence-corrected chi connectivity index (χ3v) is 3.69. The molecule has 3 heteroatoms. The number of rotatable bonds is 2. The van der Waals surface area contributed by atoms with Crippen molar-refractivity contribution in [1.29, 1.82) is 0 Å². The summed E-state index contributed by atoms with van der Waals surface area (Å²) >= 11 is 0. The van der Waals surface area contributed by atoms with Crippen molar-refractivity contribution in [2.75, 3.05) is 6.61 Å². The van der Waals surface area contributed by atoms with Gasteiger partial charge in [0, 0.05) is 17.7 Å². The second kappa shape index (κ2) is 4.13. The Bertz CT molecular complexity index is 390. The lowest BCUT2D eigenvalue weighted by atomic mass is 9.77. The summed E-state index contributed by atoms with van der Waals surface area (Å²) in [6, 6.07) is 0. The van der Waals surface area contributed by atoms with Gasteiger partial charge in [-0.05, 0) is 19.3 Å². The molecule has 0 fully saturated rings. The molecule has 0 bridgehead atoms. The summed E-state index contributed by atoms with van der Waals surface area (Å²) in [5.41, 5.74) is 3.30. The maximum atomic E-state index is 6.10. The zero-order valence-electron chi connectivity index (χ0n) is 10.6. The van der Waals surface area contributed by atoms with Crippen molar-refractivity contribution >= 4 is 0 Å². The molecular formula is C13H20N2O. The average molecular weight is 220 g/mol. The first-order valence-corrected chi connectivity index (χ1v) is 6.06. The molecular weight excluding hydrogens is 200 g/mol. The molecule has 1 aromatic rings. The van der Waals surface area contributed by atoms with Crippen LogP contribution in [0.2, 0.25) is 0 Å². The van der Waals surface area contributed by atoms with E-state index >= 15 is 0 Å². The van der Waals surface area contributed by atoms with Crippen LogP contribution in [0.3, 0.4) is 0 Å². The van der Waals surface area contributed by atoms with Crippen LogP contribution in [0, 0.1) is 12.8 Å². The molecule has 88 valence electrons. The standard InChI is InChI=1S/C13H20N2O/c1-5-13(9(2)3)12-10(4)14-8-15-11(12)6-7-16-13/h8-9H,5-7H2,1-4H3. The van der Waals surface area contributed by atoms with Crippen LogP contribution in [0.15, 0.2) is 6.33 Å². The minimum absolute atomic E-state index is 0.182. The van der Waals surface area contributed by atoms with Gasteiger partial charge in [0.1, 0.15) is 6.33 Å². The molecule has 1 aromatic heterocycles. The molecule has 0 aliphatic carbocycles. The highest BCUT2D eigenvalue weighted by Crippen LogP contribution is 2.42. The number of ether oxygens (including phenoxy) is 1. The average Bonchev–Trinajstić information content (AvgIpc) is 2.28. The molecule has 16 heavy (non-hydrogen) atoms. The van der Waals surface area contributed by atoms with E-state index in [4.69, 9.17) is 4.74 Å². The van der Waals surface area contributed by atoms with Gasteiger partial charge in [0.2, 0.25) is 0 Å². The van der Waals surface area contributed by atoms with Gasteiger partial charge in [0.25, 0.3) is 0 Å². The first kappa shape index (κ1) is 11.5. The van der Waals surface area contributed by atoms with Crippen LogP contribution in [0.1, 0.15) is 44.1 Å². The molecule has 0 spiro atoms. The molecule has 2 heterocycles. The van der Waals surface area contributed by atoms with E-state index in [1.807, 2.05) is 0 Å². The zero-order chi connectivity index (χ0) is 11.8. The first-order valence-electron chi connectivity index (χ1n) is 6.06. The second-order valence-electron chi connectivity index (χ2n) is 4.78. The Kier molecular flexibility index (Phi) is 2.98. The lowest BCUT2D eigenvalue weighted by Gasteiger charge is -2.41. The highest BCUT2D eigenvalue weighted by molar-refractivity contribution is 5.33. The highest BCUT2D eigenvalue weighted by atomic mass is 16.5. The first-order chi connectivity index (χ1) is 7.62. The minimum Gasteiger partial charge on any atom is -0.369 e. The molecule has 1 unspecified atom stereocenters. The van der Waals surface area contributed by atoms with Crippen molar-refractivity contribution in [1.82, 2.24) is 9.97 Å².